The Kier molecular flexibility index (Phi) is 5.31. The van der Waals surface area contributed by atoms with Crippen LogP contribution in [-0.2, 0) is 11.3 Å². The molecule has 1 aliphatic rings. The molecule has 0 aliphatic carbocycles. The summed E-state index contributed by atoms with van der Waals surface area (Å²) in [6, 6.07) is 11.0. The smallest absolute Gasteiger partial charge is 0.238 e. The molecule has 1 saturated heterocycles. The van der Waals surface area contributed by atoms with Crippen LogP contribution in [0.5, 0.6) is 0 Å². The third-order valence-electron chi connectivity index (χ3n) is 4.85. The highest BCUT2D eigenvalue weighted by molar-refractivity contribution is 5.92. The van der Waals surface area contributed by atoms with Crippen molar-refractivity contribution in [3.05, 3.63) is 59.9 Å². The number of H-pyrrole nitrogens is 1. The van der Waals surface area contributed by atoms with E-state index < -0.39 is 11.6 Å². The first kappa shape index (κ1) is 18.5. The fourth-order valence-corrected chi connectivity index (χ4v) is 3.38. The fraction of sp³-hybridized carbons (Fsp3) is 0.300. The highest BCUT2D eigenvalue weighted by atomic mass is 19.1. The summed E-state index contributed by atoms with van der Waals surface area (Å²) in [5.74, 6) is -0.824. The van der Waals surface area contributed by atoms with Crippen LogP contribution in [-0.4, -0.2) is 58.4 Å². The number of rotatable bonds is 5. The van der Waals surface area contributed by atoms with Crippen LogP contribution in [0.1, 0.15) is 5.82 Å². The Morgan fingerprint density at radius 3 is 2.57 bits per heavy atom. The van der Waals surface area contributed by atoms with Crippen molar-refractivity contribution >= 4 is 22.6 Å². The maximum Gasteiger partial charge on any atom is 0.238 e. The number of piperazine rings is 1. The van der Waals surface area contributed by atoms with E-state index in [1.54, 1.807) is 0 Å². The Morgan fingerprint density at radius 2 is 1.82 bits per heavy atom. The maximum absolute atomic E-state index is 13.6. The minimum atomic E-state index is -0.774. The van der Waals surface area contributed by atoms with Gasteiger partial charge in [-0.05, 0) is 24.3 Å². The third kappa shape index (κ3) is 4.35. The lowest BCUT2D eigenvalue weighted by Gasteiger charge is -2.33. The zero-order valence-electron chi connectivity index (χ0n) is 15.3. The number of nitrogens with zero attached hydrogens (tertiary/aromatic N) is 3. The zero-order valence-corrected chi connectivity index (χ0v) is 15.3. The summed E-state index contributed by atoms with van der Waals surface area (Å²) in [4.78, 5) is 24.4. The molecule has 0 radical (unpaired) electrons. The number of carbonyl (C=O) groups excluding carboxylic acids is 1. The predicted octanol–water partition coefficient (Wildman–Crippen LogP) is 2.60. The monoisotopic (exact) mass is 385 g/mol. The number of aromatic nitrogens is 2. The molecule has 0 bridgehead atoms. The number of hydrogen-bond acceptors (Lipinski definition) is 4. The lowest BCUT2D eigenvalue weighted by atomic mass is 10.2. The van der Waals surface area contributed by atoms with E-state index in [0.29, 0.717) is 0 Å². The molecule has 0 unspecified atom stereocenters. The summed E-state index contributed by atoms with van der Waals surface area (Å²) < 4.78 is 26.6. The Morgan fingerprint density at radius 1 is 1.07 bits per heavy atom. The number of benzene rings is 2. The number of hydrogen-bond donors (Lipinski definition) is 2. The van der Waals surface area contributed by atoms with Gasteiger partial charge in [-0.15, -0.1) is 0 Å². The number of carbonyl (C=O) groups is 1. The molecule has 0 atom stereocenters. The van der Waals surface area contributed by atoms with Crippen LogP contribution in [0, 0.1) is 11.6 Å². The van der Waals surface area contributed by atoms with Crippen LogP contribution >= 0.6 is 0 Å². The largest absolute Gasteiger partial charge is 0.341 e. The van der Waals surface area contributed by atoms with Crippen molar-refractivity contribution in [2.24, 2.45) is 0 Å². The number of nitrogens with one attached hydrogen (secondary N) is 2. The molecule has 1 aliphatic heterocycles. The van der Waals surface area contributed by atoms with Crippen LogP contribution in [0.25, 0.3) is 11.0 Å². The van der Waals surface area contributed by atoms with E-state index in [1.807, 2.05) is 29.2 Å². The van der Waals surface area contributed by atoms with Gasteiger partial charge in [0.15, 0.2) is 0 Å². The molecule has 146 valence electrons. The highest BCUT2D eigenvalue weighted by Crippen LogP contribution is 2.15. The standard InChI is InChI=1S/C20H21F2N5O/c21-14-5-6-16(15(22)11-14)25-20(28)13-27-9-7-26(8-10-27)12-19-23-17-3-1-2-4-18(17)24-19/h1-6,11H,7-10,12-13H2,(H,23,24)(H,25,28). The van der Waals surface area contributed by atoms with Gasteiger partial charge in [-0.2, -0.15) is 0 Å². The molecular weight excluding hydrogens is 364 g/mol. The third-order valence-corrected chi connectivity index (χ3v) is 4.85. The Labute approximate surface area is 161 Å². The van der Waals surface area contributed by atoms with Gasteiger partial charge in [0.2, 0.25) is 5.91 Å². The van der Waals surface area contributed by atoms with Crippen molar-refractivity contribution in [3.63, 3.8) is 0 Å². The van der Waals surface area contributed by atoms with E-state index >= 15 is 0 Å². The van der Waals surface area contributed by atoms with E-state index in [-0.39, 0.29) is 18.1 Å². The number of amides is 1. The molecule has 2 N–H and O–H groups in total. The average Bonchev–Trinajstić information content (AvgIpc) is 3.08. The van der Waals surface area contributed by atoms with Gasteiger partial charge in [-0.1, -0.05) is 12.1 Å². The Balaban J connectivity index is 1.26. The first-order valence-electron chi connectivity index (χ1n) is 9.20. The van der Waals surface area contributed by atoms with Gasteiger partial charge in [0, 0.05) is 32.2 Å². The van der Waals surface area contributed by atoms with E-state index in [1.165, 1.54) is 6.07 Å². The number of imidazole rings is 1. The zero-order chi connectivity index (χ0) is 19.5. The van der Waals surface area contributed by atoms with Crippen molar-refractivity contribution in [1.29, 1.82) is 0 Å². The Hall–Kier alpha value is -2.84. The van der Waals surface area contributed by atoms with Crippen LogP contribution < -0.4 is 5.32 Å². The first-order chi connectivity index (χ1) is 13.6. The minimum Gasteiger partial charge on any atom is -0.341 e. The molecule has 3 aromatic rings. The second-order valence-electron chi connectivity index (χ2n) is 6.93. The van der Waals surface area contributed by atoms with Gasteiger partial charge < -0.3 is 10.3 Å². The summed E-state index contributed by atoms with van der Waals surface area (Å²) in [6.07, 6.45) is 0. The predicted molar refractivity (Wildman–Crippen MR) is 103 cm³/mol. The second kappa shape index (κ2) is 8.04. The van der Waals surface area contributed by atoms with Crippen molar-refractivity contribution in [1.82, 2.24) is 19.8 Å². The topological polar surface area (TPSA) is 64.3 Å². The molecule has 2 aromatic carbocycles. The molecule has 6 nitrogen and oxygen atoms in total. The van der Waals surface area contributed by atoms with Crippen LogP contribution in [0.4, 0.5) is 14.5 Å². The summed E-state index contributed by atoms with van der Waals surface area (Å²) >= 11 is 0. The van der Waals surface area contributed by atoms with Gasteiger partial charge in [0.1, 0.15) is 17.5 Å². The van der Waals surface area contributed by atoms with Crippen molar-refractivity contribution in [3.8, 4) is 0 Å². The fourth-order valence-electron chi connectivity index (χ4n) is 3.38. The average molecular weight is 385 g/mol. The highest BCUT2D eigenvalue weighted by Gasteiger charge is 2.20. The van der Waals surface area contributed by atoms with E-state index in [2.05, 4.69) is 20.2 Å². The van der Waals surface area contributed by atoms with Crippen molar-refractivity contribution in [2.75, 3.05) is 38.0 Å². The SMILES string of the molecule is O=C(CN1CCN(Cc2nc3ccccc3[nH]2)CC1)Nc1ccc(F)cc1F. The molecule has 8 heteroatoms. The summed E-state index contributed by atoms with van der Waals surface area (Å²) in [7, 11) is 0. The molecule has 1 aromatic heterocycles. The first-order valence-corrected chi connectivity index (χ1v) is 9.20. The number of halogens is 2. The molecule has 0 spiro atoms. The van der Waals surface area contributed by atoms with Crippen molar-refractivity contribution in [2.45, 2.75) is 6.54 Å². The van der Waals surface area contributed by atoms with E-state index in [9.17, 15) is 13.6 Å². The molecule has 1 amide bonds. The molecule has 28 heavy (non-hydrogen) atoms. The van der Waals surface area contributed by atoms with Gasteiger partial charge in [0.05, 0.1) is 29.8 Å². The lowest BCUT2D eigenvalue weighted by molar-refractivity contribution is -0.117. The van der Waals surface area contributed by atoms with Gasteiger partial charge in [-0.25, -0.2) is 13.8 Å². The lowest BCUT2D eigenvalue weighted by Crippen LogP contribution is -2.48. The van der Waals surface area contributed by atoms with Crippen LogP contribution in [0.2, 0.25) is 0 Å². The number of aromatic amines is 1. The van der Waals surface area contributed by atoms with Gasteiger partial charge in [0.25, 0.3) is 0 Å². The van der Waals surface area contributed by atoms with E-state index in [0.717, 1.165) is 61.7 Å². The maximum atomic E-state index is 13.6. The Bertz CT molecular complexity index is 949. The minimum absolute atomic E-state index is 0.00470. The normalized spacial score (nSPS) is 15.8. The number of para-hydroxylation sites is 2. The second-order valence-corrected chi connectivity index (χ2v) is 6.93. The molecular formula is C20H21F2N5O. The van der Waals surface area contributed by atoms with Crippen molar-refractivity contribution < 1.29 is 13.6 Å². The number of fused-ring (bicyclic) bond motifs is 1. The summed E-state index contributed by atoms with van der Waals surface area (Å²) in [5, 5.41) is 2.50. The quantitative estimate of drug-likeness (QED) is 0.709. The van der Waals surface area contributed by atoms with Crippen LogP contribution in [0.15, 0.2) is 42.5 Å². The molecule has 4 rings (SSSR count). The number of anilines is 1. The van der Waals surface area contributed by atoms with Gasteiger partial charge in [-0.3, -0.25) is 14.6 Å². The molecule has 2 heterocycles. The molecule has 0 saturated carbocycles. The van der Waals surface area contributed by atoms with E-state index in [4.69, 9.17) is 0 Å². The summed E-state index contributed by atoms with van der Waals surface area (Å²) in [5.41, 5.74) is 1.98. The van der Waals surface area contributed by atoms with Gasteiger partial charge >= 0.3 is 0 Å². The summed E-state index contributed by atoms with van der Waals surface area (Å²) in [6.45, 7) is 4.01. The molecule has 1 fully saturated rings. The van der Waals surface area contributed by atoms with Crippen LogP contribution in [0.3, 0.4) is 0 Å².